The van der Waals surface area contributed by atoms with E-state index in [1.165, 1.54) is 0 Å². The molecule has 0 aromatic heterocycles. The summed E-state index contributed by atoms with van der Waals surface area (Å²) >= 11 is 0. The van der Waals surface area contributed by atoms with Crippen LogP contribution in [0.2, 0.25) is 0 Å². The van der Waals surface area contributed by atoms with Crippen LogP contribution in [0.4, 0.5) is 0 Å². The Morgan fingerprint density at radius 1 is 1.40 bits per heavy atom. The van der Waals surface area contributed by atoms with Gasteiger partial charge in [0, 0.05) is 6.42 Å². The average Bonchev–Trinajstić information content (AvgIpc) is 2.26. The van der Waals surface area contributed by atoms with Crippen molar-refractivity contribution in [3.05, 3.63) is 29.8 Å². The molecule has 0 bridgehead atoms. The fourth-order valence-corrected chi connectivity index (χ4v) is 1.41. The molecular weight excluding hydrogens is 188 g/mol. The van der Waals surface area contributed by atoms with Gasteiger partial charge in [-0.05, 0) is 31.0 Å². The van der Waals surface area contributed by atoms with Crippen molar-refractivity contribution < 1.29 is 9.84 Å². The van der Waals surface area contributed by atoms with Crippen molar-refractivity contribution in [1.82, 2.24) is 0 Å². The molecule has 0 saturated carbocycles. The Bertz CT molecular complexity index is 344. The molecule has 1 unspecified atom stereocenters. The molecule has 0 aliphatic heterocycles. The van der Waals surface area contributed by atoms with Crippen LogP contribution in [0, 0.1) is 12.3 Å². The van der Waals surface area contributed by atoms with Gasteiger partial charge in [-0.25, -0.2) is 0 Å². The van der Waals surface area contributed by atoms with E-state index in [0.29, 0.717) is 12.8 Å². The number of ether oxygens (including phenoxy) is 1. The van der Waals surface area contributed by atoms with E-state index in [4.69, 9.17) is 11.2 Å². The first-order chi connectivity index (χ1) is 7.10. The fourth-order valence-electron chi connectivity index (χ4n) is 1.41. The third-order valence-electron chi connectivity index (χ3n) is 2.47. The van der Waals surface area contributed by atoms with E-state index in [2.05, 4.69) is 5.92 Å². The summed E-state index contributed by atoms with van der Waals surface area (Å²) in [6.07, 6.45) is 6.31. The summed E-state index contributed by atoms with van der Waals surface area (Å²) in [4.78, 5) is 0. The van der Waals surface area contributed by atoms with Gasteiger partial charge >= 0.3 is 0 Å². The minimum Gasteiger partial charge on any atom is -0.497 e. The topological polar surface area (TPSA) is 29.5 Å². The Morgan fingerprint density at radius 3 is 2.47 bits per heavy atom. The van der Waals surface area contributed by atoms with Crippen molar-refractivity contribution in [3.8, 4) is 18.1 Å². The molecule has 0 radical (unpaired) electrons. The van der Waals surface area contributed by atoms with Crippen LogP contribution in [0.1, 0.15) is 25.3 Å². The minimum absolute atomic E-state index is 0.565. The average molecular weight is 204 g/mol. The number of rotatable bonds is 4. The van der Waals surface area contributed by atoms with Crippen LogP contribution in [0.3, 0.4) is 0 Å². The molecule has 1 atom stereocenters. The molecule has 80 valence electrons. The van der Waals surface area contributed by atoms with Crippen LogP contribution in [-0.4, -0.2) is 12.2 Å². The smallest absolute Gasteiger partial charge is 0.118 e. The maximum absolute atomic E-state index is 10.1. The summed E-state index contributed by atoms with van der Waals surface area (Å²) in [6, 6.07) is 7.38. The zero-order valence-electron chi connectivity index (χ0n) is 9.16. The van der Waals surface area contributed by atoms with Crippen LogP contribution < -0.4 is 4.74 Å². The lowest BCUT2D eigenvalue weighted by Gasteiger charge is -2.23. The molecule has 1 aromatic rings. The summed E-state index contributed by atoms with van der Waals surface area (Å²) in [6.45, 7) is 1.77. The van der Waals surface area contributed by atoms with Gasteiger partial charge in [-0.3, -0.25) is 0 Å². The van der Waals surface area contributed by atoms with Crippen molar-refractivity contribution in [2.45, 2.75) is 25.4 Å². The molecular formula is C13H16O2. The van der Waals surface area contributed by atoms with Gasteiger partial charge in [-0.2, -0.15) is 0 Å². The normalized spacial score (nSPS) is 14.0. The highest BCUT2D eigenvalue weighted by Gasteiger charge is 2.21. The molecule has 0 heterocycles. The quantitative estimate of drug-likeness (QED) is 0.763. The molecule has 2 nitrogen and oxygen atoms in total. The van der Waals surface area contributed by atoms with Gasteiger partial charge in [0.05, 0.1) is 12.7 Å². The SMILES string of the molecule is C#CCCC(C)(O)c1ccc(OC)cc1. The van der Waals surface area contributed by atoms with Gasteiger partial charge in [0.1, 0.15) is 5.75 Å². The van der Waals surface area contributed by atoms with Gasteiger partial charge < -0.3 is 9.84 Å². The first-order valence-electron chi connectivity index (χ1n) is 4.90. The predicted molar refractivity (Wildman–Crippen MR) is 60.6 cm³/mol. The van der Waals surface area contributed by atoms with Gasteiger partial charge in [0.15, 0.2) is 0 Å². The number of terminal acetylenes is 1. The Morgan fingerprint density at radius 2 is 2.00 bits per heavy atom. The monoisotopic (exact) mass is 204 g/mol. The highest BCUT2D eigenvalue weighted by atomic mass is 16.5. The zero-order chi connectivity index (χ0) is 11.3. The van der Waals surface area contributed by atoms with E-state index in [0.717, 1.165) is 11.3 Å². The molecule has 0 aliphatic rings. The highest BCUT2D eigenvalue weighted by molar-refractivity contribution is 5.30. The first kappa shape index (κ1) is 11.6. The summed E-state index contributed by atoms with van der Waals surface area (Å²) in [5.74, 6) is 3.32. The van der Waals surface area contributed by atoms with Crippen molar-refractivity contribution in [3.63, 3.8) is 0 Å². The van der Waals surface area contributed by atoms with Crippen molar-refractivity contribution in [1.29, 1.82) is 0 Å². The van der Waals surface area contributed by atoms with E-state index in [1.54, 1.807) is 14.0 Å². The summed E-state index contributed by atoms with van der Waals surface area (Å²) in [5.41, 5.74) is -0.00269. The second-order valence-corrected chi connectivity index (χ2v) is 3.71. The van der Waals surface area contributed by atoms with E-state index in [1.807, 2.05) is 24.3 Å². The molecule has 2 heteroatoms. The number of hydrogen-bond donors (Lipinski definition) is 1. The molecule has 0 fully saturated rings. The number of benzene rings is 1. The van der Waals surface area contributed by atoms with Gasteiger partial charge in [-0.15, -0.1) is 12.3 Å². The number of hydrogen-bond acceptors (Lipinski definition) is 2. The molecule has 0 aliphatic carbocycles. The Labute approximate surface area is 90.9 Å². The van der Waals surface area contributed by atoms with E-state index in [9.17, 15) is 5.11 Å². The molecule has 0 spiro atoms. The van der Waals surface area contributed by atoms with E-state index < -0.39 is 5.60 Å². The van der Waals surface area contributed by atoms with Crippen LogP contribution in [-0.2, 0) is 5.60 Å². The summed E-state index contributed by atoms with van der Waals surface area (Å²) in [7, 11) is 1.62. The number of aliphatic hydroxyl groups is 1. The molecule has 1 N–H and O–H groups in total. The van der Waals surface area contributed by atoms with E-state index in [-0.39, 0.29) is 0 Å². The van der Waals surface area contributed by atoms with Crippen LogP contribution in [0.25, 0.3) is 0 Å². The van der Waals surface area contributed by atoms with Crippen LogP contribution in [0.15, 0.2) is 24.3 Å². The summed E-state index contributed by atoms with van der Waals surface area (Å²) in [5, 5.41) is 10.1. The Balaban J connectivity index is 2.81. The lowest BCUT2D eigenvalue weighted by molar-refractivity contribution is 0.0493. The number of methoxy groups -OCH3 is 1. The second kappa shape index (κ2) is 4.86. The largest absolute Gasteiger partial charge is 0.497 e. The van der Waals surface area contributed by atoms with Crippen LogP contribution in [0.5, 0.6) is 5.75 Å². The maximum atomic E-state index is 10.1. The van der Waals surface area contributed by atoms with Gasteiger partial charge in [0.2, 0.25) is 0 Å². The molecule has 0 amide bonds. The lowest BCUT2D eigenvalue weighted by atomic mass is 9.91. The molecule has 1 aromatic carbocycles. The Kier molecular flexibility index (Phi) is 3.76. The Hall–Kier alpha value is -1.46. The first-order valence-corrected chi connectivity index (χ1v) is 4.90. The van der Waals surface area contributed by atoms with Crippen molar-refractivity contribution in [2.75, 3.05) is 7.11 Å². The third kappa shape index (κ3) is 3.00. The third-order valence-corrected chi connectivity index (χ3v) is 2.47. The van der Waals surface area contributed by atoms with E-state index >= 15 is 0 Å². The molecule has 15 heavy (non-hydrogen) atoms. The lowest BCUT2D eigenvalue weighted by Crippen LogP contribution is -2.20. The van der Waals surface area contributed by atoms with Gasteiger partial charge in [0.25, 0.3) is 0 Å². The zero-order valence-corrected chi connectivity index (χ0v) is 9.16. The molecule has 0 saturated heterocycles. The van der Waals surface area contributed by atoms with Crippen LogP contribution >= 0.6 is 0 Å². The van der Waals surface area contributed by atoms with Gasteiger partial charge in [-0.1, -0.05) is 12.1 Å². The highest BCUT2D eigenvalue weighted by Crippen LogP contribution is 2.27. The summed E-state index contributed by atoms with van der Waals surface area (Å²) < 4.78 is 5.05. The maximum Gasteiger partial charge on any atom is 0.118 e. The molecule has 1 rings (SSSR count). The van der Waals surface area contributed by atoms with Crippen molar-refractivity contribution in [2.24, 2.45) is 0 Å². The predicted octanol–water partition coefficient (Wildman–Crippen LogP) is 2.32. The second-order valence-electron chi connectivity index (χ2n) is 3.71. The van der Waals surface area contributed by atoms with Crippen molar-refractivity contribution >= 4 is 0 Å². The fraction of sp³-hybridized carbons (Fsp3) is 0.385. The standard InChI is InChI=1S/C13H16O2/c1-4-5-10-13(2,14)11-6-8-12(15-3)9-7-11/h1,6-9,14H,5,10H2,2-3H3. The minimum atomic E-state index is -0.862.